The molecule has 0 heterocycles. The monoisotopic (exact) mass is 392 g/mol. The van der Waals surface area contributed by atoms with Crippen molar-refractivity contribution >= 4 is 5.91 Å². The Balaban J connectivity index is 1.51. The second-order valence-corrected chi connectivity index (χ2v) is 8.74. The largest absolute Gasteiger partial charge is 0.344 e. The van der Waals surface area contributed by atoms with E-state index in [4.69, 9.17) is 0 Å². The molecule has 0 N–H and O–H groups in total. The van der Waals surface area contributed by atoms with Crippen LogP contribution in [0.15, 0.2) is 60.7 Å². The maximum absolute atomic E-state index is 13.1. The van der Waals surface area contributed by atoms with E-state index in [9.17, 15) is 4.79 Å². The lowest BCUT2D eigenvalue weighted by Gasteiger charge is -2.38. The van der Waals surface area contributed by atoms with Crippen molar-refractivity contribution in [2.24, 2.45) is 0 Å². The van der Waals surface area contributed by atoms with Crippen LogP contribution in [0, 0.1) is 0 Å². The molecule has 1 amide bonds. The summed E-state index contributed by atoms with van der Waals surface area (Å²) >= 11 is 0. The van der Waals surface area contributed by atoms with Crippen LogP contribution in [0.25, 0.3) is 0 Å². The fraction of sp³-hybridized carbons (Fsp3) is 0.500. The number of amides is 1. The number of benzene rings is 2. The molecule has 0 aliphatic heterocycles. The van der Waals surface area contributed by atoms with E-state index in [1.54, 1.807) is 0 Å². The van der Waals surface area contributed by atoms with Crippen LogP contribution < -0.4 is 0 Å². The lowest BCUT2D eigenvalue weighted by molar-refractivity contribution is -0.131. The average molecular weight is 393 g/mol. The number of hydrogen-bond acceptors (Lipinski definition) is 2. The summed E-state index contributed by atoms with van der Waals surface area (Å²) in [7, 11) is 4.11. The van der Waals surface area contributed by atoms with Crippen LogP contribution in [-0.4, -0.2) is 49.4 Å². The van der Waals surface area contributed by atoms with Gasteiger partial charge in [0.05, 0.1) is 0 Å². The number of likely N-dealkylation sites (N-methyl/N-ethyl adjacent to an activating group) is 2. The molecule has 2 aromatic rings. The molecule has 0 atom stereocenters. The van der Waals surface area contributed by atoms with E-state index < -0.39 is 0 Å². The summed E-state index contributed by atoms with van der Waals surface area (Å²) in [5, 5.41) is 0. The van der Waals surface area contributed by atoms with E-state index in [1.165, 1.54) is 30.4 Å². The van der Waals surface area contributed by atoms with E-state index in [-0.39, 0.29) is 11.3 Å². The Morgan fingerprint density at radius 2 is 1.45 bits per heavy atom. The zero-order valence-corrected chi connectivity index (χ0v) is 18.1. The maximum Gasteiger partial charge on any atom is 0.223 e. The first-order valence-corrected chi connectivity index (χ1v) is 11.1. The van der Waals surface area contributed by atoms with Gasteiger partial charge in [-0.2, -0.15) is 0 Å². The highest BCUT2D eigenvalue weighted by molar-refractivity contribution is 5.77. The van der Waals surface area contributed by atoms with Crippen molar-refractivity contribution in [1.82, 2.24) is 9.80 Å². The molecule has 1 aliphatic carbocycles. The molecule has 0 saturated heterocycles. The minimum absolute atomic E-state index is 0.0318. The Morgan fingerprint density at radius 3 is 2.10 bits per heavy atom. The van der Waals surface area contributed by atoms with Gasteiger partial charge in [0.25, 0.3) is 0 Å². The first kappa shape index (κ1) is 21.6. The topological polar surface area (TPSA) is 23.6 Å². The van der Waals surface area contributed by atoms with Crippen LogP contribution in [0.3, 0.4) is 0 Å². The molecule has 1 saturated carbocycles. The molecule has 0 unspecified atom stereocenters. The lowest BCUT2D eigenvalue weighted by atomic mass is 9.67. The number of nitrogens with zero attached hydrogens (tertiary/aromatic N) is 2. The highest BCUT2D eigenvalue weighted by Gasteiger charge is 2.36. The van der Waals surface area contributed by atoms with Gasteiger partial charge in [0.15, 0.2) is 0 Å². The minimum atomic E-state index is 0.0318. The third-order valence-corrected chi connectivity index (χ3v) is 6.55. The lowest BCUT2D eigenvalue weighted by Crippen LogP contribution is -2.40. The molecule has 3 heteroatoms. The van der Waals surface area contributed by atoms with Gasteiger partial charge < -0.3 is 9.80 Å². The first-order chi connectivity index (χ1) is 14.1. The van der Waals surface area contributed by atoms with Gasteiger partial charge in [-0.05, 0) is 37.4 Å². The molecule has 0 bridgehead atoms. The molecular weight excluding hydrogens is 356 g/mol. The van der Waals surface area contributed by atoms with Crippen molar-refractivity contribution in [2.45, 2.75) is 50.4 Å². The van der Waals surface area contributed by atoms with Gasteiger partial charge in [0, 0.05) is 38.5 Å². The van der Waals surface area contributed by atoms with Crippen LogP contribution >= 0.6 is 0 Å². The van der Waals surface area contributed by atoms with Gasteiger partial charge >= 0.3 is 0 Å². The Hall–Kier alpha value is -2.13. The van der Waals surface area contributed by atoms with Gasteiger partial charge in [-0.25, -0.2) is 0 Å². The van der Waals surface area contributed by atoms with Crippen molar-refractivity contribution in [1.29, 1.82) is 0 Å². The summed E-state index contributed by atoms with van der Waals surface area (Å²) in [5.41, 5.74) is 2.75. The molecule has 3 rings (SSSR count). The van der Waals surface area contributed by atoms with Crippen LogP contribution in [0.4, 0.5) is 0 Å². The van der Waals surface area contributed by atoms with Crippen molar-refractivity contribution < 1.29 is 4.79 Å². The third kappa shape index (κ3) is 6.17. The van der Waals surface area contributed by atoms with E-state index in [1.807, 2.05) is 11.9 Å². The molecule has 1 aliphatic rings. The van der Waals surface area contributed by atoms with Gasteiger partial charge in [0.1, 0.15) is 0 Å². The fourth-order valence-corrected chi connectivity index (χ4v) is 4.53. The Morgan fingerprint density at radius 1 is 0.828 bits per heavy atom. The summed E-state index contributed by atoms with van der Waals surface area (Å²) in [6, 6.07) is 21.3. The van der Waals surface area contributed by atoms with E-state index >= 15 is 0 Å². The molecule has 2 aromatic carbocycles. The Kier molecular flexibility index (Phi) is 7.88. The number of hydrogen-bond donors (Lipinski definition) is 0. The number of rotatable bonds is 9. The minimum Gasteiger partial charge on any atom is -0.344 e. The van der Waals surface area contributed by atoms with Crippen molar-refractivity contribution in [3.63, 3.8) is 0 Å². The van der Waals surface area contributed by atoms with Gasteiger partial charge in [-0.3, -0.25) is 4.79 Å². The number of carbonyl (C=O) groups excluding carboxylic acids is 1. The van der Waals surface area contributed by atoms with Crippen molar-refractivity contribution in [3.8, 4) is 0 Å². The maximum atomic E-state index is 13.1. The normalized spacial score (nSPS) is 16.0. The zero-order valence-electron chi connectivity index (χ0n) is 18.1. The predicted octanol–water partition coefficient (Wildman–Crippen LogP) is 4.91. The molecule has 29 heavy (non-hydrogen) atoms. The molecule has 0 aromatic heterocycles. The second-order valence-electron chi connectivity index (χ2n) is 8.74. The molecule has 0 radical (unpaired) electrons. The van der Waals surface area contributed by atoms with E-state index in [0.717, 1.165) is 38.9 Å². The van der Waals surface area contributed by atoms with E-state index in [2.05, 4.69) is 72.6 Å². The Labute approximate surface area is 176 Å². The summed E-state index contributed by atoms with van der Waals surface area (Å²) in [6.45, 7) is 2.71. The SMILES string of the molecule is CN(CCc1ccccc1)CCN(C)C(=O)CC1(c2ccccc2)CCCCC1. The highest BCUT2D eigenvalue weighted by Crippen LogP contribution is 2.42. The second kappa shape index (κ2) is 10.6. The Bertz CT molecular complexity index is 738. The van der Waals surface area contributed by atoms with E-state index in [0.29, 0.717) is 6.42 Å². The first-order valence-electron chi connectivity index (χ1n) is 11.1. The standard InChI is InChI=1S/C26H36N2O/c1-27(19-16-23-12-6-3-7-13-23)20-21-28(2)25(29)22-26(17-10-5-11-18-26)24-14-8-4-9-15-24/h3-4,6-9,12-15H,5,10-11,16-22H2,1-2H3. The zero-order chi connectivity index (χ0) is 20.5. The molecule has 156 valence electrons. The summed E-state index contributed by atoms with van der Waals surface area (Å²) in [6.07, 6.45) is 7.71. The summed E-state index contributed by atoms with van der Waals surface area (Å²) in [4.78, 5) is 17.4. The van der Waals surface area contributed by atoms with Crippen LogP contribution in [-0.2, 0) is 16.6 Å². The molecule has 3 nitrogen and oxygen atoms in total. The predicted molar refractivity (Wildman–Crippen MR) is 121 cm³/mol. The van der Waals surface area contributed by atoms with Crippen LogP contribution in [0.1, 0.15) is 49.7 Å². The highest BCUT2D eigenvalue weighted by atomic mass is 16.2. The number of carbonyl (C=O) groups is 1. The van der Waals surface area contributed by atoms with Crippen molar-refractivity contribution in [3.05, 3.63) is 71.8 Å². The summed E-state index contributed by atoms with van der Waals surface area (Å²) < 4.78 is 0. The molecular formula is C26H36N2O. The van der Waals surface area contributed by atoms with Crippen LogP contribution in [0.2, 0.25) is 0 Å². The van der Waals surface area contributed by atoms with Crippen molar-refractivity contribution in [2.75, 3.05) is 33.7 Å². The van der Waals surface area contributed by atoms with Gasteiger partial charge in [-0.15, -0.1) is 0 Å². The quantitative estimate of drug-likeness (QED) is 0.605. The third-order valence-electron chi connectivity index (χ3n) is 6.55. The summed E-state index contributed by atoms with van der Waals surface area (Å²) in [5.74, 6) is 0.284. The average Bonchev–Trinajstić information content (AvgIpc) is 2.78. The smallest absolute Gasteiger partial charge is 0.223 e. The fourth-order valence-electron chi connectivity index (χ4n) is 4.53. The van der Waals surface area contributed by atoms with Gasteiger partial charge in [0.2, 0.25) is 5.91 Å². The van der Waals surface area contributed by atoms with Crippen LogP contribution in [0.5, 0.6) is 0 Å². The molecule has 1 fully saturated rings. The van der Waals surface area contributed by atoms with Gasteiger partial charge in [-0.1, -0.05) is 79.9 Å². The molecule has 0 spiro atoms.